The van der Waals surface area contributed by atoms with Crippen LogP contribution in [-0.4, -0.2) is 16.9 Å². The van der Waals surface area contributed by atoms with E-state index in [1.807, 2.05) is 24.6 Å². The highest BCUT2D eigenvalue weighted by molar-refractivity contribution is 9.10. The minimum absolute atomic E-state index is 0.122. The lowest BCUT2D eigenvalue weighted by Gasteiger charge is -2.21. The number of nitrogens with one attached hydrogen (secondary N) is 1. The number of ether oxygens (including phenoxy) is 1. The maximum atomic E-state index is 13.7. The summed E-state index contributed by atoms with van der Waals surface area (Å²) in [5, 5.41) is 4.32. The molecule has 1 atom stereocenters. The summed E-state index contributed by atoms with van der Waals surface area (Å²) >= 11 is 3.29. The van der Waals surface area contributed by atoms with Gasteiger partial charge in [-0.1, -0.05) is 15.9 Å². The van der Waals surface area contributed by atoms with Gasteiger partial charge in [0.25, 0.3) is 0 Å². The van der Waals surface area contributed by atoms with Crippen molar-refractivity contribution in [3.05, 3.63) is 45.9 Å². The molecule has 3 N–H and O–H groups in total. The second-order valence-electron chi connectivity index (χ2n) is 4.94. The standard InChI is InChI=1S/C14H18BrFN4O/c1-8(2)20-14(12(21-3)7-18-20)13(19-17)9-4-10(15)6-11(16)5-9/h4-8,13,19H,17H2,1-3H3. The Hall–Kier alpha value is -1.44. The number of nitrogens with two attached hydrogens (primary N) is 1. The number of methoxy groups -OCH3 is 1. The molecule has 0 saturated carbocycles. The van der Waals surface area contributed by atoms with Crippen LogP contribution in [0, 0.1) is 5.82 Å². The van der Waals surface area contributed by atoms with Gasteiger partial charge in [0.2, 0.25) is 0 Å². The van der Waals surface area contributed by atoms with Crippen LogP contribution in [0.15, 0.2) is 28.9 Å². The van der Waals surface area contributed by atoms with E-state index in [0.29, 0.717) is 15.8 Å². The normalized spacial score (nSPS) is 12.7. The molecule has 1 unspecified atom stereocenters. The third-order valence-electron chi connectivity index (χ3n) is 3.17. The molecular formula is C14H18BrFN4O. The Morgan fingerprint density at radius 3 is 2.62 bits per heavy atom. The Morgan fingerprint density at radius 1 is 1.38 bits per heavy atom. The van der Waals surface area contributed by atoms with E-state index in [9.17, 15) is 4.39 Å². The fourth-order valence-corrected chi connectivity index (χ4v) is 2.76. The van der Waals surface area contributed by atoms with Gasteiger partial charge in [-0.2, -0.15) is 5.10 Å². The highest BCUT2D eigenvalue weighted by Gasteiger charge is 2.24. The zero-order valence-corrected chi connectivity index (χ0v) is 13.7. The van der Waals surface area contributed by atoms with Crippen molar-refractivity contribution in [2.24, 2.45) is 5.84 Å². The van der Waals surface area contributed by atoms with Gasteiger partial charge in [0.05, 0.1) is 19.3 Å². The Balaban J connectivity index is 2.57. The molecule has 0 fully saturated rings. The fraction of sp³-hybridized carbons (Fsp3) is 0.357. The van der Waals surface area contributed by atoms with Crippen LogP contribution in [0.5, 0.6) is 5.75 Å². The smallest absolute Gasteiger partial charge is 0.161 e. The van der Waals surface area contributed by atoms with Crippen molar-refractivity contribution < 1.29 is 9.13 Å². The quantitative estimate of drug-likeness (QED) is 0.638. The predicted octanol–water partition coefficient (Wildman–Crippen LogP) is 2.93. The van der Waals surface area contributed by atoms with Crippen LogP contribution in [0.1, 0.15) is 37.2 Å². The minimum Gasteiger partial charge on any atom is -0.493 e. The van der Waals surface area contributed by atoms with Crippen molar-refractivity contribution >= 4 is 15.9 Å². The van der Waals surface area contributed by atoms with Crippen molar-refractivity contribution in [2.75, 3.05) is 7.11 Å². The molecule has 0 aliphatic heterocycles. The van der Waals surface area contributed by atoms with E-state index in [0.717, 1.165) is 5.69 Å². The number of nitrogens with zero attached hydrogens (tertiary/aromatic N) is 2. The second-order valence-corrected chi connectivity index (χ2v) is 5.85. The van der Waals surface area contributed by atoms with Gasteiger partial charge in [-0.3, -0.25) is 10.5 Å². The summed E-state index contributed by atoms with van der Waals surface area (Å²) in [4.78, 5) is 0. The van der Waals surface area contributed by atoms with E-state index < -0.39 is 6.04 Å². The number of aromatic nitrogens is 2. The monoisotopic (exact) mass is 356 g/mol. The van der Waals surface area contributed by atoms with Gasteiger partial charge < -0.3 is 4.74 Å². The second kappa shape index (κ2) is 6.55. The Labute approximate surface area is 131 Å². The number of hydrogen-bond donors (Lipinski definition) is 2. The summed E-state index contributed by atoms with van der Waals surface area (Å²) in [5.41, 5.74) is 4.16. The summed E-state index contributed by atoms with van der Waals surface area (Å²) in [7, 11) is 1.57. The first-order valence-corrected chi connectivity index (χ1v) is 7.30. The molecule has 1 aromatic carbocycles. The molecule has 114 valence electrons. The van der Waals surface area contributed by atoms with Crippen molar-refractivity contribution in [2.45, 2.75) is 25.9 Å². The molecule has 0 radical (unpaired) electrons. The van der Waals surface area contributed by atoms with E-state index >= 15 is 0 Å². The molecule has 21 heavy (non-hydrogen) atoms. The Bertz CT molecular complexity index is 609. The average Bonchev–Trinajstić information content (AvgIpc) is 2.82. The van der Waals surface area contributed by atoms with Crippen LogP contribution in [0.3, 0.4) is 0 Å². The molecule has 0 aliphatic rings. The van der Waals surface area contributed by atoms with Crippen molar-refractivity contribution in [1.29, 1.82) is 0 Å². The molecule has 0 amide bonds. The lowest BCUT2D eigenvalue weighted by Crippen LogP contribution is -2.31. The van der Waals surface area contributed by atoms with Crippen LogP contribution in [0.2, 0.25) is 0 Å². The van der Waals surface area contributed by atoms with Gasteiger partial charge in [0.1, 0.15) is 11.5 Å². The summed E-state index contributed by atoms with van der Waals surface area (Å²) < 4.78 is 21.5. The lowest BCUT2D eigenvalue weighted by atomic mass is 10.0. The molecule has 0 spiro atoms. The number of halogens is 2. The molecule has 0 aliphatic carbocycles. The molecule has 5 nitrogen and oxygen atoms in total. The topological polar surface area (TPSA) is 65.1 Å². The van der Waals surface area contributed by atoms with Gasteiger partial charge in [-0.25, -0.2) is 9.82 Å². The number of hydrogen-bond acceptors (Lipinski definition) is 4. The molecule has 2 rings (SSSR count). The Morgan fingerprint density at radius 2 is 2.10 bits per heavy atom. The highest BCUT2D eigenvalue weighted by atomic mass is 79.9. The first-order chi connectivity index (χ1) is 9.97. The van der Waals surface area contributed by atoms with Crippen LogP contribution in [0.25, 0.3) is 0 Å². The third-order valence-corrected chi connectivity index (χ3v) is 3.62. The van der Waals surface area contributed by atoms with E-state index in [-0.39, 0.29) is 11.9 Å². The Kier molecular flexibility index (Phi) is 4.97. The first-order valence-electron chi connectivity index (χ1n) is 6.51. The molecule has 2 aromatic rings. The van der Waals surface area contributed by atoms with E-state index in [2.05, 4.69) is 26.5 Å². The zero-order chi connectivity index (χ0) is 15.6. The molecule has 1 heterocycles. The number of benzene rings is 1. The van der Waals surface area contributed by atoms with Crippen molar-refractivity contribution in [1.82, 2.24) is 15.2 Å². The van der Waals surface area contributed by atoms with Crippen LogP contribution < -0.4 is 16.0 Å². The summed E-state index contributed by atoms with van der Waals surface area (Å²) in [6.45, 7) is 4.01. The van der Waals surface area contributed by atoms with E-state index in [4.69, 9.17) is 10.6 Å². The number of hydrazine groups is 1. The molecule has 0 bridgehead atoms. The summed E-state index contributed by atoms with van der Waals surface area (Å²) in [6, 6.07) is 4.33. The SMILES string of the molecule is COc1cnn(C(C)C)c1C(NN)c1cc(F)cc(Br)c1. The van der Waals surface area contributed by atoms with Gasteiger partial charge >= 0.3 is 0 Å². The summed E-state index contributed by atoms with van der Waals surface area (Å²) in [5.74, 6) is 5.97. The van der Waals surface area contributed by atoms with Crippen LogP contribution in [-0.2, 0) is 0 Å². The number of rotatable bonds is 5. The lowest BCUT2D eigenvalue weighted by molar-refractivity contribution is 0.394. The van der Waals surface area contributed by atoms with E-state index in [1.165, 1.54) is 12.1 Å². The predicted molar refractivity (Wildman–Crippen MR) is 82.4 cm³/mol. The van der Waals surface area contributed by atoms with Crippen molar-refractivity contribution in [3.63, 3.8) is 0 Å². The summed E-state index contributed by atoms with van der Waals surface area (Å²) in [6.07, 6.45) is 1.63. The van der Waals surface area contributed by atoms with Gasteiger partial charge in [0, 0.05) is 10.5 Å². The average molecular weight is 357 g/mol. The van der Waals surface area contributed by atoms with E-state index in [1.54, 1.807) is 13.3 Å². The van der Waals surface area contributed by atoms with Crippen LogP contribution in [0.4, 0.5) is 4.39 Å². The van der Waals surface area contributed by atoms with Gasteiger partial charge in [-0.05, 0) is 37.6 Å². The minimum atomic E-state index is -0.433. The maximum absolute atomic E-state index is 13.7. The molecule has 0 saturated heterocycles. The third kappa shape index (κ3) is 3.25. The largest absolute Gasteiger partial charge is 0.493 e. The maximum Gasteiger partial charge on any atom is 0.161 e. The zero-order valence-electron chi connectivity index (χ0n) is 12.1. The van der Waals surface area contributed by atoms with Crippen molar-refractivity contribution in [3.8, 4) is 5.75 Å². The van der Waals surface area contributed by atoms with Gasteiger partial charge in [-0.15, -0.1) is 0 Å². The highest BCUT2D eigenvalue weighted by Crippen LogP contribution is 2.32. The molecular weight excluding hydrogens is 339 g/mol. The van der Waals surface area contributed by atoms with Gasteiger partial charge in [0.15, 0.2) is 5.75 Å². The fourth-order valence-electron chi connectivity index (χ4n) is 2.27. The molecule has 7 heteroatoms. The first kappa shape index (κ1) is 15.9. The van der Waals surface area contributed by atoms with Crippen LogP contribution >= 0.6 is 15.9 Å². The molecule has 1 aromatic heterocycles.